The average molecular weight is 705 g/mol. The van der Waals surface area contributed by atoms with Gasteiger partial charge in [0.15, 0.2) is 0 Å². The molecule has 0 bridgehead atoms. The number of nitrogens with one attached hydrogen (secondary N) is 2. The molecule has 4 rings (SSSR count). The molecule has 2 N–H and O–H groups in total. The molecular weight excluding hydrogens is 657 g/mol. The topological polar surface area (TPSA) is 127 Å². The molecule has 274 valence electrons. The number of morpholine rings is 2. The van der Waals surface area contributed by atoms with Gasteiger partial charge in [0.25, 0.3) is 0 Å². The lowest BCUT2D eigenvalue weighted by Crippen LogP contribution is -2.68. The molecule has 0 aliphatic carbocycles. The van der Waals surface area contributed by atoms with Gasteiger partial charge >= 0.3 is 18.1 Å². The van der Waals surface area contributed by atoms with Crippen LogP contribution in [0.25, 0.3) is 0 Å². The zero-order valence-corrected chi connectivity index (χ0v) is 29.6. The number of hydrogen-bond acceptors (Lipinski definition) is 9. The van der Waals surface area contributed by atoms with Crippen LogP contribution in [0.15, 0.2) is 48.5 Å². The molecule has 50 heavy (non-hydrogen) atoms. The highest BCUT2D eigenvalue weighted by Gasteiger charge is 2.57. The number of carbonyl (C=O) groups excluding carboxylic acids is 4. The van der Waals surface area contributed by atoms with E-state index in [1.807, 2.05) is 13.8 Å². The van der Waals surface area contributed by atoms with Gasteiger partial charge in [-0.2, -0.15) is 13.2 Å². The molecule has 2 saturated heterocycles. The van der Waals surface area contributed by atoms with Crippen molar-refractivity contribution in [1.82, 2.24) is 20.4 Å². The maximum atomic E-state index is 14.6. The van der Waals surface area contributed by atoms with Crippen molar-refractivity contribution in [2.45, 2.75) is 84.1 Å². The van der Waals surface area contributed by atoms with E-state index < -0.39 is 70.6 Å². The van der Waals surface area contributed by atoms with Crippen LogP contribution in [0.5, 0.6) is 5.75 Å². The SMILES string of the molecule is CCN1CC(C)(C)OC(=O)C1C(C(=O)NCc1ccc(C(F)(F)F)cc1)C(C(=O)NCc1ccccc1OC)C1C(=O)OC(C)(C)CN1CC. The third-order valence-electron chi connectivity index (χ3n) is 9.07. The van der Waals surface area contributed by atoms with Gasteiger partial charge in [-0.3, -0.25) is 29.0 Å². The number of carbonyl (C=O) groups is 4. The fraction of sp³-hybridized carbons (Fsp3) is 0.556. The van der Waals surface area contributed by atoms with E-state index in [-0.39, 0.29) is 26.2 Å². The van der Waals surface area contributed by atoms with Crippen LogP contribution >= 0.6 is 0 Å². The normalized spacial score (nSPS) is 22.1. The molecule has 2 fully saturated rings. The van der Waals surface area contributed by atoms with Gasteiger partial charge in [-0.15, -0.1) is 0 Å². The molecule has 14 heteroatoms. The van der Waals surface area contributed by atoms with Crippen molar-refractivity contribution in [3.05, 3.63) is 65.2 Å². The van der Waals surface area contributed by atoms with Gasteiger partial charge in [-0.1, -0.05) is 44.2 Å². The van der Waals surface area contributed by atoms with Gasteiger partial charge in [0.2, 0.25) is 11.8 Å². The molecule has 4 unspecified atom stereocenters. The second kappa shape index (κ2) is 15.4. The number of methoxy groups -OCH3 is 1. The fourth-order valence-electron chi connectivity index (χ4n) is 6.84. The molecule has 2 heterocycles. The van der Waals surface area contributed by atoms with Gasteiger partial charge < -0.3 is 24.8 Å². The van der Waals surface area contributed by atoms with E-state index in [0.29, 0.717) is 30.0 Å². The Morgan fingerprint density at radius 2 is 1.28 bits per heavy atom. The molecular formula is C36H47F3N4O7. The minimum atomic E-state index is -4.54. The van der Waals surface area contributed by atoms with E-state index in [1.54, 1.807) is 61.8 Å². The fourth-order valence-corrected chi connectivity index (χ4v) is 6.84. The molecule has 0 aromatic heterocycles. The molecule has 2 aromatic rings. The van der Waals surface area contributed by atoms with Crippen molar-refractivity contribution >= 4 is 23.8 Å². The zero-order chi connectivity index (χ0) is 37.0. The minimum Gasteiger partial charge on any atom is -0.496 e. The quantitative estimate of drug-likeness (QED) is 0.316. The summed E-state index contributed by atoms with van der Waals surface area (Å²) in [6.07, 6.45) is -4.54. The van der Waals surface area contributed by atoms with Crippen LogP contribution in [0.4, 0.5) is 13.2 Å². The Balaban J connectivity index is 1.80. The molecule has 2 aliphatic rings. The first-order chi connectivity index (χ1) is 23.4. The third-order valence-corrected chi connectivity index (χ3v) is 9.07. The summed E-state index contributed by atoms with van der Waals surface area (Å²) in [6, 6.07) is 8.78. The van der Waals surface area contributed by atoms with E-state index in [4.69, 9.17) is 14.2 Å². The van der Waals surface area contributed by atoms with Crippen LogP contribution in [0.1, 0.15) is 58.2 Å². The summed E-state index contributed by atoms with van der Waals surface area (Å²) in [6.45, 7) is 11.5. The Hall–Kier alpha value is -4.17. The Kier molecular flexibility index (Phi) is 11.9. The van der Waals surface area contributed by atoms with Gasteiger partial charge in [-0.25, -0.2) is 0 Å². The summed E-state index contributed by atoms with van der Waals surface area (Å²) < 4.78 is 56.7. The molecule has 2 aliphatic heterocycles. The Morgan fingerprint density at radius 3 is 1.72 bits per heavy atom. The van der Waals surface area contributed by atoms with Crippen LogP contribution in [0, 0.1) is 11.8 Å². The second-order valence-corrected chi connectivity index (χ2v) is 13.9. The Bertz CT molecular complexity index is 1550. The van der Waals surface area contributed by atoms with Gasteiger partial charge in [0, 0.05) is 31.7 Å². The van der Waals surface area contributed by atoms with Gasteiger partial charge in [0.05, 0.1) is 24.5 Å². The maximum absolute atomic E-state index is 14.6. The first kappa shape index (κ1) is 38.6. The minimum absolute atomic E-state index is 0.0156. The lowest BCUT2D eigenvalue weighted by molar-refractivity contribution is -0.193. The van der Waals surface area contributed by atoms with Crippen LogP contribution in [0.3, 0.4) is 0 Å². The number of rotatable bonds is 12. The van der Waals surface area contributed by atoms with Crippen LogP contribution in [-0.4, -0.2) is 90.1 Å². The third kappa shape index (κ3) is 8.94. The Labute approximate surface area is 290 Å². The van der Waals surface area contributed by atoms with E-state index in [0.717, 1.165) is 12.1 Å². The number of ether oxygens (including phenoxy) is 3. The van der Waals surface area contributed by atoms with Crippen molar-refractivity contribution in [2.24, 2.45) is 11.8 Å². The number of hydrogen-bond donors (Lipinski definition) is 2. The smallest absolute Gasteiger partial charge is 0.416 e. The average Bonchev–Trinajstić information content (AvgIpc) is 3.04. The molecule has 0 spiro atoms. The van der Waals surface area contributed by atoms with Crippen molar-refractivity contribution in [3.8, 4) is 5.75 Å². The van der Waals surface area contributed by atoms with Crippen molar-refractivity contribution in [3.63, 3.8) is 0 Å². The summed E-state index contributed by atoms with van der Waals surface area (Å²) >= 11 is 0. The van der Waals surface area contributed by atoms with Gasteiger partial charge in [-0.05, 0) is 64.5 Å². The van der Waals surface area contributed by atoms with Crippen molar-refractivity contribution in [1.29, 1.82) is 0 Å². The number of cyclic esters (lactones) is 2. The van der Waals surface area contributed by atoms with Gasteiger partial charge in [0.1, 0.15) is 29.0 Å². The predicted molar refractivity (Wildman–Crippen MR) is 178 cm³/mol. The molecule has 2 amide bonds. The number of nitrogens with zero attached hydrogens (tertiary/aromatic N) is 2. The van der Waals surface area contributed by atoms with E-state index in [2.05, 4.69) is 10.6 Å². The number of benzene rings is 2. The van der Waals surface area contributed by atoms with Crippen LogP contribution in [-0.2, 0) is 47.9 Å². The summed E-state index contributed by atoms with van der Waals surface area (Å²) in [7, 11) is 1.49. The van der Waals surface area contributed by atoms with E-state index in [9.17, 15) is 32.3 Å². The van der Waals surface area contributed by atoms with E-state index in [1.165, 1.54) is 19.2 Å². The Morgan fingerprint density at radius 1 is 0.820 bits per heavy atom. The standard InChI is InChI=1S/C36H47F3N4O7/c1-8-42-20-34(3,4)49-32(46)28(42)26(30(44)40-18-22-14-16-24(17-15-22)36(37,38)39)27(29-33(47)50-35(5,6)21-43(29)9-2)31(45)41-19-23-12-10-11-13-25(23)48-7/h10-17,26-29H,8-9,18-21H2,1-7H3,(H,40,44)(H,41,45). The van der Waals surface area contributed by atoms with Crippen molar-refractivity contribution < 1.29 is 46.6 Å². The lowest BCUT2D eigenvalue weighted by atomic mass is 9.76. The van der Waals surface area contributed by atoms with Crippen LogP contribution < -0.4 is 15.4 Å². The molecule has 11 nitrogen and oxygen atoms in total. The van der Waals surface area contributed by atoms with Crippen molar-refractivity contribution in [2.75, 3.05) is 33.3 Å². The monoisotopic (exact) mass is 704 g/mol. The van der Waals surface area contributed by atoms with Crippen LogP contribution in [0.2, 0.25) is 0 Å². The highest BCUT2D eigenvalue weighted by Crippen LogP contribution is 2.36. The molecule has 0 saturated carbocycles. The predicted octanol–water partition coefficient (Wildman–Crippen LogP) is 3.93. The van der Waals surface area contributed by atoms with E-state index >= 15 is 0 Å². The molecule has 2 aromatic carbocycles. The number of para-hydroxylation sites is 1. The summed E-state index contributed by atoms with van der Waals surface area (Å²) in [5.74, 6) is -5.34. The zero-order valence-electron chi connectivity index (χ0n) is 29.6. The maximum Gasteiger partial charge on any atom is 0.416 e. The number of esters is 2. The molecule has 0 radical (unpaired) electrons. The highest BCUT2D eigenvalue weighted by molar-refractivity contribution is 5.96. The number of alkyl halides is 3. The largest absolute Gasteiger partial charge is 0.496 e. The highest BCUT2D eigenvalue weighted by atomic mass is 19.4. The first-order valence-corrected chi connectivity index (χ1v) is 16.7. The summed E-state index contributed by atoms with van der Waals surface area (Å²) in [5, 5.41) is 5.62. The lowest BCUT2D eigenvalue weighted by Gasteiger charge is -2.49. The number of halogens is 3. The summed E-state index contributed by atoms with van der Waals surface area (Å²) in [5.41, 5.74) is -1.65. The summed E-state index contributed by atoms with van der Waals surface area (Å²) in [4.78, 5) is 60.4. The molecule has 4 atom stereocenters. The number of amides is 2. The second-order valence-electron chi connectivity index (χ2n) is 13.9. The first-order valence-electron chi connectivity index (χ1n) is 16.7. The number of likely N-dealkylation sites (N-methyl/N-ethyl adjacent to an activating group) is 2.